The minimum atomic E-state index is -0.694. The smallest absolute Gasteiger partial charge is 0.310 e. The molecule has 1 amide bonds. The van der Waals surface area contributed by atoms with Gasteiger partial charge in [-0.3, -0.25) is 14.9 Å². The van der Waals surface area contributed by atoms with Crippen LogP contribution in [0.5, 0.6) is 5.75 Å². The van der Waals surface area contributed by atoms with Crippen molar-refractivity contribution in [3.05, 3.63) is 33.9 Å². The monoisotopic (exact) mass is 278 g/mol. The van der Waals surface area contributed by atoms with Crippen molar-refractivity contribution in [1.82, 2.24) is 5.32 Å². The summed E-state index contributed by atoms with van der Waals surface area (Å²) >= 11 is 0. The maximum Gasteiger partial charge on any atom is 0.310 e. The Morgan fingerprint density at radius 1 is 1.45 bits per heavy atom. The number of fused-ring (bicyclic) bond motifs is 2. The molecule has 2 aliphatic rings. The van der Waals surface area contributed by atoms with Gasteiger partial charge >= 0.3 is 5.69 Å². The number of carbonyl (C=O) groups excluding carboxylic acids is 1. The first-order chi connectivity index (χ1) is 9.54. The third kappa shape index (κ3) is 2.20. The molecule has 7 heteroatoms. The molecule has 106 valence electrons. The molecule has 0 unspecified atom stereocenters. The molecule has 7 nitrogen and oxygen atoms in total. The van der Waals surface area contributed by atoms with E-state index >= 15 is 0 Å². The first-order valence-corrected chi connectivity index (χ1v) is 6.48. The van der Waals surface area contributed by atoms with Gasteiger partial charge in [-0.2, -0.15) is 0 Å². The highest BCUT2D eigenvalue weighted by molar-refractivity contribution is 5.95. The quantitative estimate of drug-likeness (QED) is 0.642. The zero-order valence-corrected chi connectivity index (χ0v) is 10.6. The lowest BCUT2D eigenvalue weighted by molar-refractivity contribution is -0.385. The molecule has 3 rings (SSSR count). The summed E-state index contributed by atoms with van der Waals surface area (Å²) in [6.07, 6.45) is 3.08. The molecule has 2 saturated heterocycles. The number of rotatable bonds is 3. The van der Waals surface area contributed by atoms with Crippen molar-refractivity contribution >= 4 is 11.6 Å². The van der Waals surface area contributed by atoms with E-state index in [9.17, 15) is 20.0 Å². The fourth-order valence-corrected chi connectivity index (χ4v) is 2.86. The summed E-state index contributed by atoms with van der Waals surface area (Å²) in [6, 6.07) is 3.56. The van der Waals surface area contributed by atoms with Crippen LogP contribution in [0.1, 0.15) is 29.6 Å². The lowest BCUT2D eigenvalue weighted by Crippen LogP contribution is -2.41. The van der Waals surface area contributed by atoms with Crippen molar-refractivity contribution in [1.29, 1.82) is 0 Å². The second-order valence-corrected chi connectivity index (χ2v) is 5.15. The van der Waals surface area contributed by atoms with Crippen LogP contribution in [0, 0.1) is 10.1 Å². The minimum Gasteiger partial charge on any atom is -0.502 e. The van der Waals surface area contributed by atoms with Gasteiger partial charge in [-0.1, -0.05) is 0 Å². The van der Waals surface area contributed by atoms with E-state index < -0.39 is 16.4 Å². The lowest BCUT2D eigenvalue weighted by atomic mass is 9.95. The average molecular weight is 278 g/mol. The van der Waals surface area contributed by atoms with Gasteiger partial charge in [0, 0.05) is 11.6 Å². The van der Waals surface area contributed by atoms with Crippen LogP contribution in [0.4, 0.5) is 5.69 Å². The van der Waals surface area contributed by atoms with Gasteiger partial charge in [0.25, 0.3) is 5.91 Å². The fourth-order valence-electron chi connectivity index (χ4n) is 2.86. The van der Waals surface area contributed by atoms with Crippen molar-refractivity contribution in [3.8, 4) is 5.75 Å². The maximum atomic E-state index is 12.1. The van der Waals surface area contributed by atoms with Crippen LogP contribution in [0.25, 0.3) is 0 Å². The fraction of sp³-hybridized carbons (Fsp3) is 0.462. The molecule has 20 heavy (non-hydrogen) atoms. The van der Waals surface area contributed by atoms with E-state index in [0.29, 0.717) is 0 Å². The molecule has 0 aromatic heterocycles. The Morgan fingerprint density at radius 2 is 2.25 bits per heavy atom. The molecule has 0 radical (unpaired) electrons. The Balaban J connectivity index is 1.71. The molecular weight excluding hydrogens is 264 g/mol. The van der Waals surface area contributed by atoms with E-state index in [4.69, 9.17) is 4.74 Å². The van der Waals surface area contributed by atoms with E-state index in [0.717, 1.165) is 31.4 Å². The highest BCUT2D eigenvalue weighted by atomic mass is 16.6. The number of benzene rings is 1. The summed E-state index contributed by atoms with van der Waals surface area (Å²) in [6.45, 7) is 0. The summed E-state index contributed by atoms with van der Waals surface area (Å²) in [4.78, 5) is 22.0. The highest BCUT2D eigenvalue weighted by Gasteiger charge is 2.41. The molecule has 2 fully saturated rings. The van der Waals surface area contributed by atoms with Gasteiger partial charge in [0.05, 0.1) is 23.2 Å². The second-order valence-electron chi connectivity index (χ2n) is 5.15. The lowest BCUT2D eigenvalue weighted by Gasteiger charge is -2.20. The van der Waals surface area contributed by atoms with Gasteiger partial charge in [-0.25, -0.2) is 0 Å². The predicted molar refractivity (Wildman–Crippen MR) is 68.5 cm³/mol. The van der Waals surface area contributed by atoms with E-state index in [-0.39, 0.29) is 29.7 Å². The molecule has 2 heterocycles. The van der Waals surface area contributed by atoms with Gasteiger partial charge in [-0.05, 0) is 31.4 Å². The van der Waals surface area contributed by atoms with Crippen molar-refractivity contribution in [2.24, 2.45) is 0 Å². The third-order valence-electron chi connectivity index (χ3n) is 3.86. The molecule has 2 N–H and O–H groups in total. The number of ether oxygens (including phenoxy) is 1. The van der Waals surface area contributed by atoms with Crippen LogP contribution < -0.4 is 5.32 Å². The molecule has 0 spiro atoms. The predicted octanol–water partition coefficient (Wildman–Crippen LogP) is 1.35. The summed E-state index contributed by atoms with van der Waals surface area (Å²) in [5.74, 6) is -0.858. The van der Waals surface area contributed by atoms with Gasteiger partial charge in [0.15, 0.2) is 5.75 Å². The molecule has 2 aliphatic heterocycles. The number of nitro benzene ring substituents is 1. The second kappa shape index (κ2) is 4.75. The molecular formula is C13H14N2O5. The number of nitrogens with one attached hydrogen (secondary N) is 1. The Bertz CT molecular complexity index is 574. The van der Waals surface area contributed by atoms with Crippen molar-refractivity contribution in [3.63, 3.8) is 0 Å². The van der Waals surface area contributed by atoms with Crippen LogP contribution in [0.2, 0.25) is 0 Å². The van der Waals surface area contributed by atoms with Crippen LogP contribution in [0.3, 0.4) is 0 Å². The van der Waals surface area contributed by atoms with Crippen LogP contribution in [-0.2, 0) is 4.74 Å². The third-order valence-corrected chi connectivity index (χ3v) is 3.86. The molecule has 1 aromatic carbocycles. The molecule has 1 aromatic rings. The van der Waals surface area contributed by atoms with Gasteiger partial charge in [0.1, 0.15) is 0 Å². The van der Waals surface area contributed by atoms with Gasteiger partial charge in [-0.15, -0.1) is 0 Å². The first kappa shape index (κ1) is 12.9. The number of aromatic hydroxyl groups is 1. The Labute approximate surface area is 114 Å². The van der Waals surface area contributed by atoms with Crippen LogP contribution in [-0.4, -0.2) is 34.2 Å². The van der Waals surface area contributed by atoms with E-state index in [1.54, 1.807) is 0 Å². The number of phenolic OH excluding ortho intramolecular Hbond substituents is 1. The Kier molecular flexibility index (Phi) is 3.06. The van der Waals surface area contributed by atoms with Gasteiger partial charge < -0.3 is 15.2 Å². The first-order valence-electron chi connectivity index (χ1n) is 6.48. The maximum absolute atomic E-state index is 12.1. The van der Waals surface area contributed by atoms with Crippen LogP contribution in [0.15, 0.2) is 18.2 Å². The largest absolute Gasteiger partial charge is 0.502 e. The topological polar surface area (TPSA) is 102 Å². The minimum absolute atomic E-state index is 0.0152. The summed E-state index contributed by atoms with van der Waals surface area (Å²) in [7, 11) is 0. The van der Waals surface area contributed by atoms with E-state index in [1.807, 2.05) is 0 Å². The Morgan fingerprint density at radius 3 is 2.80 bits per heavy atom. The number of carbonyl (C=O) groups is 1. The van der Waals surface area contributed by atoms with Crippen LogP contribution >= 0.6 is 0 Å². The SMILES string of the molecule is O=C(N[C@@H]1C[C@H]2CC[C@H]1O2)c1ccc([N+](=O)[O-])c(O)c1. The number of hydrogen-bond donors (Lipinski definition) is 2. The summed E-state index contributed by atoms with van der Waals surface area (Å²) in [5.41, 5.74) is -0.208. The summed E-state index contributed by atoms with van der Waals surface area (Å²) in [5, 5.41) is 23.0. The summed E-state index contributed by atoms with van der Waals surface area (Å²) < 4.78 is 5.64. The molecule has 0 aliphatic carbocycles. The number of nitro groups is 1. The van der Waals surface area contributed by atoms with E-state index in [2.05, 4.69) is 5.32 Å². The molecule has 3 atom stereocenters. The van der Waals surface area contributed by atoms with Crippen molar-refractivity contribution in [2.45, 2.75) is 37.5 Å². The molecule has 0 saturated carbocycles. The number of hydrogen-bond acceptors (Lipinski definition) is 5. The van der Waals surface area contributed by atoms with Gasteiger partial charge in [0.2, 0.25) is 0 Å². The highest BCUT2D eigenvalue weighted by Crippen LogP contribution is 2.34. The average Bonchev–Trinajstić information content (AvgIpc) is 3.00. The zero-order chi connectivity index (χ0) is 14.3. The number of nitrogens with zero attached hydrogens (tertiary/aromatic N) is 1. The Hall–Kier alpha value is -2.15. The van der Waals surface area contributed by atoms with Crippen molar-refractivity contribution in [2.75, 3.05) is 0 Å². The normalized spacial score (nSPS) is 27.5. The van der Waals surface area contributed by atoms with E-state index in [1.165, 1.54) is 6.07 Å². The van der Waals surface area contributed by atoms with Crippen molar-refractivity contribution < 1.29 is 19.6 Å². The zero-order valence-electron chi connectivity index (χ0n) is 10.6. The number of phenols is 1. The standard InChI is InChI=1S/C13H14N2O5/c16-11-5-7(1-3-10(11)15(18)19)13(17)14-9-6-8-2-4-12(9)20-8/h1,3,5,8-9,12,16H,2,4,6H2,(H,14,17)/t8-,9-,12-/m1/s1. The molecule has 2 bridgehead atoms. The number of amides is 1.